The fraction of sp³-hybridized carbons (Fsp3) is 0.692. The Balaban J connectivity index is 4.40. The Morgan fingerprint density at radius 3 is 2.00 bits per heavy atom. The van der Waals surface area contributed by atoms with Crippen LogP contribution < -0.4 is 0 Å². The predicted octanol–water partition coefficient (Wildman–Crippen LogP) is 2.00. The lowest BCUT2D eigenvalue weighted by molar-refractivity contribution is -0.153. The van der Waals surface area contributed by atoms with Crippen LogP contribution in [0.5, 0.6) is 0 Å². The van der Waals surface area contributed by atoms with Crippen molar-refractivity contribution >= 4 is 11.8 Å². The van der Waals surface area contributed by atoms with Gasteiger partial charge in [0.25, 0.3) is 0 Å². The lowest BCUT2D eigenvalue weighted by Crippen LogP contribution is -2.33. The average molecular weight is 242 g/mol. The number of rotatable bonds is 6. The van der Waals surface area contributed by atoms with Crippen molar-refractivity contribution in [3.05, 3.63) is 12.2 Å². The molecule has 4 heteroatoms. The monoisotopic (exact) mass is 242 g/mol. The predicted molar refractivity (Wildman–Crippen MR) is 65.5 cm³/mol. The van der Waals surface area contributed by atoms with Gasteiger partial charge in [-0.2, -0.15) is 0 Å². The number of carbonyl (C=O) groups is 2. The Bertz CT molecular complexity index is 321. The summed E-state index contributed by atoms with van der Waals surface area (Å²) in [6.07, 6.45) is 0.122. The third-order valence-electron chi connectivity index (χ3n) is 1.97. The SMILES string of the molecule is C=C(C)C(=O)OC(C)(C)CC(=O)CC(C)(C)O. The van der Waals surface area contributed by atoms with E-state index in [2.05, 4.69) is 6.58 Å². The number of aliphatic hydroxyl groups is 1. The van der Waals surface area contributed by atoms with E-state index in [0.717, 1.165) is 0 Å². The van der Waals surface area contributed by atoms with Crippen molar-refractivity contribution in [1.82, 2.24) is 0 Å². The van der Waals surface area contributed by atoms with Crippen molar-refractivity contribution in [2.45, 2.75) is 58.7 Å². The second-order valence-electron chi connectivity index (χ2n) is 5.63. The van der Waals surface area contributed by atoms with Crippen molar-refractivity contribution in [1.29, 1.82) is 0 Å². The quantitative estimate of drug-likeness (QED) is 0.571. The van der Waals surface area contributed by atoms with E-state index in [1.54, 1.807) is 34.6 Å². The second kappa shape index (κ2) is 5.45. The Labute approximate surface area is 103 Å². The first-order chi connectivity index (χ1) is 7.43. The van der Waals surface area contributed by atoms with E-state index in [4.69, 9.17) is 4.74 Å². The number of Topliss-reactive ketones (excluding diaryl/α,β-unsaturated/α-hetero) is 1. The van der Waals surface area contributed by atoms with Gasteiger partial charge in [0.1, 0.15) is 11.4 Å². The molecule has 0 amide bonds. The van der Waals surface area contributed by atoms with E-state index in [9.17, 15) is 14.7 Å². The summed E-state index contributed by atoms with van der Waals surface area (Å²) in [6, 6.07) is 0. The van der Waals surface area contributed by atoms with Crippen molar-refractivity contribution < 1.29 is 19.4 Å². The summed E-state index contributed by atoms with van der Waals surface area (Å²) in [7, 11) is 0. The first-order valence-corrected chi connectivity index (χ1v) is 5.56. The third kappa shape index (κ3) is 7.69. The molecule has 4 nitrogen and oxygen atoms in total. The highest BCUT2D eigenvalue weighted by atomic mass is 16.6. The maximum Gasteiger partial charge on any atom is 0.333 e. The molecule has 0 atom stereocenters. The summed E-state index contributed by atoms with van der Waals surface area (Å²) < 4.78 is 5.14. The van der Waals surface area contributed by atoms with Gasteiger partial charge in [0.2, 0.25) is 0 Å². The van der Waals surface area contributed by atoms with Gasteiger partial charge in [-0.25, -0.2) is 4.79 Å². The van der Waals surface area contributed by atoms with Crippen molar-refractivity contribution in [2.24, 2.45) is 0 Å². The third-order valence-corrected chi connectivity index (χ3v) is 1.97. The lowest BCUT2D eigenvalue weighted by atomic mass is 9.94. The van der Waals surface area contributed by atoms with Crippen LogP contribution in [0.1, 0.15) is 47.5 Å². The highest BCUT2D eigenvalue weighted by Gasteiger charge is 2.29. The van der Waals surface area contributed by atoms with Crippen LogP contribution in [0.4, 0.5) is 0 Å². The molecule has 0 saturated carbocycles. The van der Waals surface area contributed by atoms with Crippen molar-refractivity contribution in [3.63, 3.8) is 0 Å². The Morgan fingerprint density at radius 2 is 1.65 bits per heavy atom. The maximum absolute atomic E-state index is 11.7. The molecule has 98 valence electrons. The largest absolute Gasteiger partial charge is 0.456 e. The van der Waals surface area contributed by atoms with Crippen LogP contribution in [-0.2, 0) is 14.3 Å². The number of hydrogen-bond donors (Lipinski definition) is 1. The van der Waals surface area contributed by atoms with Crippen molar-refractivity contribution in [3.8, 4) is 0 Å². The van der Waals surface area contributed by atoms with E-state index in [1.807, 2.05) is 0 Å². The van der Waals surface area contributed by atoms with Crippen LogP contribution in [-0.4, -0.2) is 28.1 Å². The molecule has 1 N–H and O–H groups in total. The highest BCUT2D eigenvalue weighted by Crippen LogP contribution is 2.20. The van der Waals surface area contributed by atoms with Crippen LogP contribution in [0.3, 0.4) is 0 Å². The minimum atomic E-state index is -1.04. The smallest absolute Gasteiger partial charge is 0.333 e. The minimum absolute atomic E-state index is 0.0427. The van der Waals surface area contributed by atoms with Gasteiger partial charge in [0.15, 0.2) is 0 Å². The Hall–Kier alpha value is -1.16. The first-order valence-electron chi connectivity index (χ1n) is 5.56. The summed E-state index contributed by atoms with van der Waals surface area (Å²) in [4.78, 5) is 23.0. The molecule has 17 heavy (non-hydrogen) atoms. The van der Waals surface area contributed by atoms with E-state index >= 15 is 0 Å². The number of hydrogen-bond acceptors (Lipinski definition) is 4. The lowest BCUT2D eigenvalue weighted by Gasteiger charge is -2.26. The number of ketones is 1. The molecule has 0 aromatic carbocycles. The molecule has 0 aliphatic rings. The Morgan fingerprint density at radius 1 is 1.18 bits per heavy atom. The minimum Gasteiger partial charge on any atom is -0.456 e. The van der Waals surface area contributed by atoms with Gasteiger partial charge in [0, 0.05) is 18.4 Å². The fourth-order valence-corrected chi connectivity index (χ4v) is 1.39. The molecule has 0 radical (unpaired) electrons. The van der Waals surface area contributed by atoms with Gasteiger partial charge in [-0.1, -0.05) is 6.58 Å². The molecule has 0 aromatic rings. The molecule has 0 rings (SSSR count). The van der Waals surface area contributed by atoms with Gasteiger partial charge >= 0.3 is 5.97 Å². The zero-order valence-electron chi connectivity index (χ0n) is 11.3. The van der Waals surface area contributed by atoms with Gasteiger partial charge in [-0.3, -0.25) is 4.79 Å². The number of esters is 1. The number of carbonyl (C=O) groups excluding carboxylic acids is 2. The standard InChI is InChI=1S/C13H22O4/c1-9(2)11(15)17-13(5,6)8-10(14)7-12(3,4)16/h16H,1,7-8H2,2-6H3. The molecule has 0 aliphatic heterocycles. The molecule has 0 saturated heterocycles. The van der Waals surface area contributed by atoms with Crippen LogP contribution >= 0.6 is 0 Å². The molecular formula is C13H22O4. The second-order valence-corrected chi connectivity index (χ2v) is 5.63. The summed E-state index contributed by atoms with van der Waals surface area (Å²) >= 11 is 0. The summed E-state index contributed by atoms with van der Waals surface area (Å²) in [5, 5.41) is 9.51. The zero-order valence-corrected chi connectivity index (χ0v) is 11.3. The molecule has 0 unspecified atom stereocenters. The van der Waals surface area contributed by atoms with Crippen LogP contribution in [0.2, 0.25) is 0 Å². The molecule has 0 aliphatic carbocycles. The first kappa shape index (κ1) is 15.8. The van der Waals surface area contributed by atoms with Gasteiger partial charge in [-0.15, -0.1) is 0 Å². The van der Waals surface area contributed by atoms with Gasteiger partial charge in [0.05, 0.1) is 5.60 Å². The molecule has 0 aromatic heterocycles. The summed E-state index contributed by atoms with van der Waals surface area (Å²) in [6.45, 7) is 11.5. The molecule has 0 bridgehead atoms. The maximum atomic E-state index is 11.7. The van der Waals surface area contributed by atoms with E-state index in [1.165, 1.54) is 0 Å². The Kier molecular flexibility index (Phi) is 5.08. The topological polar surface area (TPSA) is 63.6 Å². The van der Waals surface area contributed by atoms with Crippen LogP contribution in [0.15, 0.2) is 12.2 Å². The van der Waals surface area contributed by atoms with Gasteiger partial charge < -0.3 is 9.84 Å². The van der Waals surface area contributed by atoms with Gasteiger partial charge in [-0.05, 0) is 34.6 Å². The zero-order chi connectivity index (χ0) is 13.9. The summed E-state index contributed by atoms with van der Waals surface area (Å²) in [5.41, 5.74) is -1.61. The molecule has 0 spiro atoms. The van der Waals surface area contributed by atoms with Crippen molar-refractivity contribution in [2.75, 3.05) is 0 Å². The van der Waals surface area contributed by atoms with E-state index in [-0.39, 0.29) is 18.6 Å². The molecule has 0 fully saturated rings. The summed E-state index contributed by atoms with van der Waals surface area (Å²) in [5.74, 6) is -0.650. The van der Waals surface area contributed by atoms with Crippen LogP contribution in [0, 0.1) is 0 Å². The average Bonchev–Trinajstić information content (AvgIpc) is 1.96. The fourth-order valence-electron chi connectivity index (χ4n) is 1.39. The van der Waals surface area contributed by atoms with Crippen LogP contribution in [0.25, 0.3) is 0 Å². The van der Waals surface area contributed by atoms with E-state index < -0.39 is 17.2 Å². The highest BCUT2D eigenvalue weighted by molar-refractivity contribution is 5.88. The number of ether oxygens (including phenoxy) is 1. The molecule has 0 heterocycles. The normalized spacial score (nSPS) is 12.1. The van der Waals surface area contributed by atoms with E-state index in [0.29, 0.717) is 5.57 Å². The molecular weight excluding hydrogens is 220 g/mol.